The van der Waals surface area contributed by atoms with E-state index in [1.807, 2.05) is 0 Å². The highest BCUT2D eigenvalue weighted by Crippen LogP contribution is 2.27. The van der Waals surface area contributed by atoms with Crippen LogP contribution in [-0.2, 0) is 4.74 Å². The highest BCUT2D eigenvalue weighted by molar-refractivity contribution is 4.89. The minimum Gasteiger partial charge on any atom is -0.383 e. The van der Waals surface area contributed by atoms with E-state index in [1.54, 1.807) is 7.11 Å². The summed E-state index contributed by atoms with van der Waals surface area (Å²) in [5, 5.41) is 3.60. The molecule has 0 aromatic heterocycles. The summed E-state index contributed by atoms with van der Waals surface area (Å²) in [6.45, 7) is 9.87. The Hall–Kier alpha value is -0.120. The van der Waals surface area contributed by atoms with Gasteiger partial charge in [-0.05, 0) is 38.6 Å². The summed E-state index contributed by atoms with van der Waals surface area (Å²) in [6.07, 6.45) is 6.50. The standard InChI is InChI=1S/C15H32N2O/c1-5-14(6-2)17(10-11-18-4)15-9-8-13(12-15)16-7-3/h13-16H,5-12H2,1-4H3. The molecule has 0 saturated heterocycles. The molecule has 0 aliphatic heterocycles. The number of nitrogens with one attached hydrogen (secondary N) is 1. The Balaban J connectivity index is 2.54. The average molecular weight is 256 g/mol. The lowest BCUT2D eigenvalue weighted by molar-refractivity contribution is 0.0804. The van der Waals surface area contributed by atoms with Crippen molar-refractivity contribution < 1.29 is 4.74 Å². The first-order valence-electron chi connectivity index (χ1n) is 7.74. The fourth-order valence-corrected chi connectivity index (χ4v) is 3.35. The Morgan fingerprint density at radius 1 is 1.22 bits per heavy atom. The van der Waals surface area contributed by atoms with Crippen LogP contribution in [-0.4, -0.2) is 49.8 Å². The molecule has 0 aromatic carbocycles. The molecule has 1 rings (SSSR count). The number of ether oxygens (including phenoxy) is 1. The van der Waals surface area contributed by atoms with Gasteiger partial charge in [-0.3, -0.25) is 4.90 Å². The first-order valence-corrected chi connectivity index (χ1v) is 7.74. The van der Waals surface area contributed by atoms with E-state index in [9.17, 15) is 0 Å². The molecule has 2 unspecified atom stereocenters. The molecule has 0 amide bonds. The number of nitrogens with zero attached hydrogens (tertiary/aromatic N) is 1. The van der Waals surface area contributed by atoms with Crippen molar-refractivity contribution in [1.82, 2.24) is 10.2 Å². The normalized spacial score (nSPS) is 24.3. The quantitative estimate of drug-likeness (QED) is 0.686. The second-order valence-electron chi connectivity index (χ2n) is 5.42. The Kier molecular flexibility index (Phi) is 7.87. The predicted octanol–water partition coefficient (Wildman–Crippen LogP) is 2.65. The molecule has 1 saturated carbocycles. The fourth-order valence-electron chi connectivity index (χ4n) is 3.35. The molecule has 1 aliphatic rings. The van der Waals surface area contributed by atoms with E-state index >= 15 is 0 Å². The van der Waals surface area contributed by atoms with Crippen molar-refractivity contribution in [2.45, 2.75) is 71.0 Å². The highest BCUT2D eigenvalue weighted by Gasteiger charge is 2.31. The average Bonchev–Trinajstić information content (AvgIpc) is 2.83. The number of methoxy groups -OCH3 is 1. The Bertz CT molecular complexity index is 207. The fraction of sp³-hybridized carbons (Fsp3) is 1.00. The van der Waals surface area contributed by atoms with Gasteiger partial charge in [-0.2, -0.15) is 0 Å². The maximum atomic E-state index is 5.29. The van der Waals surface area contributed by atoms with Gasteiger partial charge in [0.2, 0.25) is 0 Å². The van der Waals surface area contributed by atoms with Crippen molar-refractivity contribution in [3.8, 4) is 0 Å². The van der Waals surface area contributed by atoms with Crippen LogP contribution in [0, 0.1) is 0 Å². The van der Waals surface area contributed by atoms with Crippen molar-refractivity contribution in [3.05, 3.63) is 0 Å². The topological polar surface area (TPSA) is 24.5 Å². The van der Waals surface area contributed by atoms with Crippen LogP contribution in [0.4, 0.5) is 0 Å². The molecule has 0 heterocycles. The minimum atomic E-state index is 0.727. The zero-order valence-corrected chi connectivity index (χ0v) is 12.7. The molecule has 18 heavy (non-hydrogen) atoms. The summed E-state index contributed by atoms with van der Waals surface area (Å²) in [4.78, 5) is 2.71. The van der Waals surface area contributed by atoms with Crippen molar-refractivity contribution in [2.75, 3.05) is 26.8 Å². The van der Waals surface area contributed by atoms with Gasteiger partial charge in [-0.15, -0.1) is 0 Å². The smallest absolute Gasteiger partial charge is 0.0589 e. The Morgan fingerprint density at radius 3 is 2.50 bits per heavy atom. The van der Waals surface area contributed by atoms with Crippen LogP contribution in [0.15, 0.2) is 0 Å². The maximum Gasteiger partial charge on any atom is 0.0589 e. The van der Waals surface area contributed by atoms with Crippen LogP contribution >= 0.6 is 0 Å². The van der Waals surface area contributed by atoms with Crippen LogP contribution in [0.25, 0.3) is 0 Å². The van der Waals surface area contributed by atoms with Gasteiger partial charge in [0.1, 0.15) is 0 Å². The predicted molar refractivity (Wildman–Crippen MR) is 78.1 cm³/mol. The van der Waals surface area contributed by atoms with Crippen LogP contribution in [0.1, 0.15) is 52.9 Å². The Labute approximate surface area is 113 Å². The lowest BCUT2D eigenvalue weighted by atomic mass is 10.1. The minimum absolute atomic E-state index is 0.727. The third-order valence-electron chi connectivity index (χ3n) is 4.33. The molecule has 1 aliphatic carbocycles. The van der Waals surface area contributed by atoms with Crippen LogP contribution in [0.5, 0.6) is 0 Å². The van der Waals surface area contributed by atoms with E-state index in [1.165, 1.54) is 32.1 Å². The van der Waals surface area contributed by atoms with E-state index in [4.69, 9.17) is 4.74 Å². The van der Waals surface area contributed by atoms with Gasteiger partial charge in [-0.25, -0.2) is 0 Å². The molecule has 0 radical (unpaired) electrons. The van der Waals surface area contributed by atoms with Gasteiger partial charge in [-0.1, -0.05) is 20.8 Å². The van der Waals surface area contributed by atoms with Gasteiger partial charge >= 0.3 is 0 Å². The third-order valence-corrected chi connectivity index (χ3v) is 4.33. The van der Waals surface area contributed by atoms with E-state index < -0.39 is 0 Å². The first kappa shape index (κ1) is 15.9. The summed E-state index contributed by atoms with van der Waals surface area (Å²) in [6, 6.07) is 2.22. The van der Waals surface area contributed by atoms with Crippen molar-refractivity contribution in [3.63, 3.8) is 0 Å². The van der Waals surface area contributed by atoms with Crippen molar-refractivity contribution in [2.24, 2.45) is 0 Å². The van der Waals surface area contributed by atoms with Crippen LogP contribution < -0.4 is 5.32 Å². The van der Waals surface area contributed by atoms with Gasteiger partial charge in [0.15, 0.2) is 0 Å². The summed E-state index contributed by atoms with van der Waals surface area (Å²) in [5.41, 5.74) is 0. The summed E-state index contributed by atoms with van der Waals surface area (Å²) < 4.78 is 5.29. The van der Waals surface area contributed by atoms with Crippen molar-refractivity contribution >= 4 is 0 Å². The van der Waals surface area contributed by atoms with E-state index in [2.05, 4.69) is 31.0 Å². The van der Waals surface area contributed by atoms with Crippen LogP contribution in [0.2, 0.25) is 0 Å². The molecule has 2 atom stereocenters. The van der Waals surface area contributed by atoms with Gasteiger partial charge in [0, 0.05) is 31.8 Å². The SMILES string of the molecule is CCNC1CCC(N(CCOC)C(CC)CC)C1. The molecule has 3 heteroatoms. The first-order chi connectivity index (χ1) is 8.76. The molecule has 0 bridgehead atoms. The molecule has 1 N–H and O–H groups in total. The van der Waals surface area contributed by atoms with Gasteiger partial charge < -0.3 is 10.1 Å². The van der Waals surface area contributed by atoms with E-state index in [0.29, 0.717) is 0 Å². The highest BCUT2D eigenvalue weighted by atomic mass is 16.5. The lowest BCUT2D eigenvalue weighted by Gasteiger charge is -2.35. The molecular weight excluding hydrogens is 224 g/mol. The van der Waals surface area contributed by atoms with Crippen molar-refractivity contribution in [1.29, 1.82) is 0 Å². The molecule has 1 fully saturated rings. The second-order valence-corrected chi connectivity index (χ2v) is 5.42. The summed E-state index contributed by atoms with van der Waals surface area (Å²) in [7, 11) is 1.81. The molecule has 0 spiro atoms. The number of hydrogen-bond donors (Lipinski definition) is 1. The largest absolute Gasteiger partial charge is 0.383 e. The number of rotatable bonds is 9. The van der Waals surface area contributed by atoms with E-state index in [-0.39, 0.29) is 0 Å². The summed E-state index contributed by atoms with van der Waals surface area (Å²) >= 11 is 0. The van der Waals surface area contributed by atoms with Gasteiger partial charge in [0.05, 0.1) is 6.61 Å². The molecular formula is C15H32N2O. The third kappa shape index (κ3) is 4.52. The molecule has 108 valence electrons. The monoisotopic (exact) mass is 256 g/mol. The molecule has 0 aromatic rings. The Morgan fingerprint density at radius 2 is 1.94 bits per heavy atom. The summed E-state index contributed by atoms with van der Waals surface area (Å²) in [5.74, 6) is 0. The van der Waals surface area contributed by atoms with Crippen LogP contribution in [0.3, 0.4) is 0 Å². The second kappa shape index (κ2) is 8.89. The maximum absolute atomic E-state index is 5.29. The van der Waals surface area contributed by atoms with Gasteiger partial charge in [0.25, 0.3) is 0 Å². The lowest BCUT2D eigenvalue weighted by Crippen LogP contribution is -2.44. The molecule has 3 nitrogen and oxygen atoms in total. The number of hydrogen-bond acceptors (Lipinski definition) is 3. The van der Waals surface area contributed by atoms with E-state index in [0.717, 1.165) is 37.8 Å². The zero-order valence-electron chi connectivity index (χ0n) is 12.7. The zero-order chi connectivity index (χ0) is 13.4.